The van der Waals surface area contributed by atoms with Gasteiger partial charge in [0.05, 0.1) is 0 Å². The number of anilines is 1. The fraction of sp³-hybridized carbons (Fsp3) is 0.300. The molecule has 0 spiro atoms. The van der Waals surface area contributed by atoms with Crippen LogP contribution in [-0.4, -0.2) is 11.6 Å². The first-order chi connectivity index (χ1) is 6.80. The second kappa shape index (κ2) is 4.78. The third kappa shape index (κ3) is 3.71. The van der Waals surface area contributed by atoms with Crippen LogP contribution in [0.3, 0.4) is 0 Å². The van der Waals surface area contributed by atoms with Crippen molar-refractivity contribution in [1.29, 1.82) is 0 Å². The van der Waals surface area contributed by atoms with Crippen molar-refractivity contribution in [2.75, 3.05) is 5.32 Å². The highest BCUT2D eigenvalue weighted by molar-refractivity contribution is 14.1. The molecule has 0 aromatic heterocycles. The van der Waals surface area contributed by atoms with Gasteiger partial charge < -0.3 is 5.32 Å². The minimum atomic E-state index is -1.87. The number of carbonyl (C=O) groups is 1. The summed E-state index contributed by atoms with van der Waals surface area (Å²) in [6.07, 6.45) is 0. The first-order valence-electron chi connectivity index (χ1n) is 4.26. The summed E-state index contributed by atoms with van der Waals surface area (Å²) in [5.74, 6) is -0.643. The number of halogens is 3. The molecule has 1 N–H and O–H groups in total. The predicted octanol–water partition coefficient (Wildman–Crippen LogP) is 3.74. The van der Waals surface area contributed by atoms with Crippen LogP contribution >= 0.6 is 38.5 Å². The standard InChI is InChI=1S/C10H10BrFINO/c1-10(2,12)9(15)14-6-3-4-8(13)7(11)5-6/h3-5H,1-2H3,(H,14,15). The Bertz CT molecular complexity index is 389. The van der Waals surface area contributed by atoms with Gasteiger partial charge in [0.25, 0.3) is 5.91 Å². The summed E-state index contributed by atoms with van der Waals surface area (Å²) in [5, 5.41) is 2.50. The molecule has 1 aromatic rings. The molecule has 0 bridgehead atoms. The minimum Gasteiger partial charge on any atom is -0.323 e. The van der Waals surface area contributed by atoms with E-state index in [0.29, 0.717) is 5.69 Å². The Morgan fingerprint density at radius 3 is 2.60 bits per heavy atom. The molecule has 0 aliphatic rings. The second-order valence-electron chi connectivity index (χ2n) is 3.56. The van der Waals surface area contributed by atoms with Crippen LogP contribution in [0.15, 0.2) is 22.7 Å². The maximum Gasteiger partial charge on any atom is 0.261 e. The van der Waals surface area contributed by atoms with Gasteiger partial charge in [0.1, 0.15) is 0 Å². The quantitative estimate of drug-likeness (QED) is 0.772. The molecule has 1 amide bonds. The van der Waals surface area contributed by atoms with Crippen molar-refractivity contribution in [2.45, 2.75) is 19.5 Å². The Labute approximate surface area is 110 Å². The summed E-state index contributed by atoms with van der Waals surface area (Å²) in [6, 6.07) is 5.31. The molecule has 0 radical (unpaired) electrons. The van der Waals surface area contributed by atoms with Gasteiger partial charge in [0.15, 0.2) is 5.67 Å². The summed E-state index contributed by atoms with van der Waals surface area (Å²) in [5.41, 5.74) is -1.28. The summed E-state index contributed by atoms with van der Waals surface area (Å²) in [4.78, 5) is 11.3. The number of rotatable bonds is 2. The van der Waals surface area contributed by atoms with Gasteiger partial charge in [-0.05, 0) is 70.6 Å². The van der Waals surface area contributed by atoms with E-state index in [4.69, 9.17) is 0 Å². The maximum atomic E-state index is 13.2. The molecule has 5 heteroatoms. The molecule has 0 unspecified atom stereocenters. The van der Waals surface area contributed by atoms with Gasteiger partial charge in [-0.3, -0.25) is 4.79 Å². The van der Waals surface area contributed by atoms with Crippen LogP contribution in [0.25, 0.3) is 0 Å². The lowest BCUT2D eigenvalue weighted by Crippen LogP contribution is -2.32. The van der Waals surface area contributed by atoms with Gasteiger partial charge in [-0.1, -0.05) is 0 Å². The van der Waals surface area contributed by atoms with Crippen molar-refractivity contribution in [2.24, 2.45) is 0 Å². The highest BCUT2D eigenvalue weighted by atomic mass is 127. The molecular weight excluding hydrogens is 376 g/mol. The van der Waals surface area contributed by atoms with E-state index in [0.717, 1.165) is 8.04 Å². The zero-order valence-corrected chi connectivity index (χ0v) is 12.0. The normalized spacial score (nSPS) is 11.3. The van der Waals surface area contributed by atoms with E-state index in [1.54, 1.807) is 12.1 Å². The average Bonchev–Trinajstić information content (AvgIpc) is 2.10. The molecule has 0 saturated carbocycles. The molecule has 0 heterocycles. The van der Waals surface area contributed by atoms with Gasteiger partial charge >= 0.3 is 0 Å². The topological polar surface area (TPSA) is 29.1 Å². The number of carbonyl (C=O) groups excluding carboxylic acids is 1. The number of amides is 1. The lowest BCUT2D eigenvalue weighted by atomic mass is 10.1. The van der Waals surface area contributed by atoms with Crippen molar-refractivity contribution in [3.05, 3.63) is 26.2 Å². The zero-order chi connectivity index (χ0) is 11.6. The van der Waals surface area contributed by atoms with E-state index < -0.39 is 11.6 Å². The SMILES string of the molecule is CC(C)(F)C(=O)Nc1ccc(I)c(Br)c1. The molecule has 0 fully saturated rings. The van der Waals surface area contributed by atoms with Crippen LogP contribution in [0.4, 0.5) is 10.1 Å². The van der Waals surface area contributed by atoms with Crippen molar-refractivity contribution < 1.29 is 9.18 Å². The highest BCUT2D eigenvalue weighted by Gasteiger charge is 2.26. The lowest BCUT2D eigenvalue weighted by Gasteiger charge is -2.14. The molecule has 0 aliphatic carbocycles. The van der Waals surface area contributed by atoms with E-state index in [2.05, 4.69) is 43.8 Å². The Morgan fingerprint density at radius 1 is 1.53 bits per heavy atom. The average molecular weight is 386 g/mol. The van der Waals surface area contributed by atoms with E-state index in [-0.39, 0.29) is 0 Å². The predicted molar refractivity (Wildman–Crippen MR) is 70.7 cm³/mol. The van der Waals surface area contributed by atoms with Gasteiger partial charge in [0, 0.05) is 13.7 Å². The highest BCUT2D eigenvalue weighted by Crippen LogP contribution is 2.23. The van der Waals surface area contributed by atoms with Crippen LogP contribution in [-0.2, 0) is 4.79 Å². The van der Waals surface area contributed by atoms with Crippen molar-refractivity contribution in [3.8, 4) is 0 Å². The number of hydrogen-bond acceptors (Lipinski definition) is 1. The van der Waals surface area contributed by atoms with Crippen LogP contribution in [0.2, 0.25) is 0 Å². The van der Waals surface area contributed by atoms with E-state index in [1.165, 1.54) is 13.8 Å². The minimum absolute atomic E-state index is 0.581. The van der Waals surface area contributed by atoms with Gasteiger partial charge in [-0.25, -0.2) is 4.39 Å². The molecule has 1 aromatic carbocycles. The lowest BCUT2D eigenvalue weighted by molar-refractivity contribution is -0.125. The summed E-state index contributed by atoms with van der Waals surface area (Å²) >= 11 is 5.49. The number of benzene rings is 1. The number of alkyl halides is 1. The number of nitrogens with one attached hydrogen (secondary N) is 1. The van der Waals surface area contributed by atoms with Gasteiger partial charge in [-0.2, -0.15) is 0 Å². The molecule has 15 heavy (non-hydrogen) atoms. The zero-order valence-electron chi connectivity index (χ0n) is 8.27. The fourth-order valence-corrected chi connectivity index (χ4v) is 1.57. The van der Waals surface area contributed by atoms with Crippen LogP contribution in [0, 0.1) is 3.57 Å². The molecule has 0 atom stereocenters. The molecule has 2 nitrogen and oxygen atoms in total. The van der Waals surface area contributed by atoms with Crippen molar-refractivity contribution >= 4 is 50.1 Å². The first-order valence-corrected chi connectivity index (χ1v) is 6.13. The molecular formula is C10H10BrFINO. The largest absolute Gasteiger partial charge is 0.323 e. The Hall–Kier alpha value is -0.170. The second-order valence-corrected chi connectivity index (χ2v) is 5.57. The Balaban J connectivity index is 2.83. The monoisotopic (exact) mass is 385 g/mol. The van der Waals surface area contributed by atoms with Crippen LogP contribution in [0.5, 0.6) is 0 Å². The van der Waals surface area contributed by atoms with Crippen molar-refractivity contribution in [3.63, 3.8) is 0 Å². The third-order valence-electron chi connectivity index (χ3n) is 1.72. The number of hydrogen-bond donors (Lipinski definition) is 1. The Morgan fingerprint density at radius 2 is 2.13 bits per heavy atom. The fourth-order valence-electron chi connectivity index (χ4n) is 0.854. The Kier molecular flexibility index (Phi) is 4.11. The summed E-state index contributed by atoms with van der Waals surface area (Å²) in [6.45, 7) is 2.45. The van der Waals surface area contributed by atoms with E-state index in [1.807, 2.05) is 6.07 Å². The molecule has 0 saturated heterocycles. The van der Waals surface area contributed by atoms with Crippen molar-refractivity contribution in [1.82, 2.24) is 0 Å². The molecule has 82 valence electrons. The maximum absolute atomic E-state index is 13.2. The van der Waals surface area contributed by atoms with Crippen LogP contribution < -0.4 is 5.32 Å². The summed E-state index contributed by atoms with van der Waals surface area (Å²) in [7, 11) is 0. The smallest absolute Gasteiger partial charge is 0.261 e. The molecule has 0 aliphatic heterocycles. The molecule has 1 rings (SSSR count). The van der Waals surface area contributed by atoms with Crippen LogP contribution in [0.1, 0.15) is 13.8 Å². The first kappa shape index (κ1) is 12.9. The summed E-state index contributed by atoms with van der Waals surface area (Å²) < 4.78 is 15.1. The van der Waals surface area contributed by atoms with Gasteiger partial charge in [0.2, 0.25) is 0 Å². The van der Waals surface area contributed by atoms with E-state index in [9.17, 15) is 9.18 Å². The van der Waals surface area contributed by atoms with E-state index >= 15 is 0 Å². The third-order valence-corrected chi connectivity index (χ3v) is 4.06. The van der Waals surface area contributed by atoms with Gasteiger partial charge in [-0.15, -0.1) is 0 Å².